The molecule has 2 heteroatoms. The van der Waals surface area contributed by atoms with Crippen LogP contribution in [0.1, 0.15) is 51.7 Å². The standard InChI is InChI=1S/C15H24OS/c1-4-12(5-2)11-15(16)13-7-9-14(10-8-13)17-6-3/h7-10,12,15-16H,4-6,11H2,1-3H3. The molecule has 0 saturated heterocycles. The summed E-state index contributed by atoms with van der Waals surface area (Å²) in [6.45, 7) is 6.55. The summed E-state index contributed by atoms with van der Waals surface area (Å²) < 4.78 is 0. The van der Waals surface area contributed by atoms with Crippen molar-refractivity contribution in [3.05, 3.63) is 29.8 Å². The summed E-state index contributed by atoms with van der Waals surface area (Å²) in [4.78, 5) is 1.28. The van der Waals surface area contributed by atoms with Crippen LogP contribution in [0, 0.1) is 5.92 Å². The Morgan fingerprint density at radius 2 is 1.65 bits per heavy atom. The first kappa shape index (κ1) is 14.6. The van der Waals surface area contributed by atoms with Gasteiger partial charge < -0.3 is 5.11 Å². The summed E-state index contributed by atoms with van der Waals surface area (Å²) >= 11 is 1.84. The van der Waals surface area contributed by atoms with Crippen LogP contribution in [-0.2, 0) is 0 Å². The molecule has 0 spiro atoms. The maximum absolute atomic E-state index is 10.2. The first-order chi connectivity index (χ1) is 8.21. The Bertz CT molecular complexity index is 303. The van der Waals surface area contributed by atoms with Gasteiger partial charge in [-0.2, -0.15) is 0 Å². The summed E-state index contributed by atoms with van der Waals surface area (Å²) in [5.74, 6) is 1.73. The monoisotopic (exact) mass is 252 g/mol. The average molecular weight is 252 g/mol. The molecule has 0 fully saturated rings. The Morgan fingerprint density at radius 1 is 1.06 bits per heavy atom. The Labute approximate surface area is 110 Å². The Hall–Kier alpha value is -0.470. The van der Waals surface area contributed by atoms with Crippen molar-refractivity contribution in [2.45, 2.75) is 51.0 Å². The van der Waals surface area contributed by atoms with E-state index in [0.717, 1.165) is 30.6 Å². The SMILES string of the molecule is CCSc1ccc(C(O)CC(CC)CC)cc1. The van der Waals surface area contributed by atoms with E-state index in [9.17, 15) is 5.11 Å². The van der Waals surface area contributed by atoms with Gasteiger partial charge in [-0.15, -0.1) is 11.8 Å². The maximum Gasteiger partial charge on any atom is 0.0792 e. The van der Waals surface area contributed by atoms with E-state index in [1.54, 1.807) is 0 Å². The number of aliphatic hydroxyl groups excluding tert-OH is 1. The van der Waals surface area contributed by atoms with Gasteiger partial charge in [0.05, 0.1) is 6.10 Å². The van der Waals surface area contributed by atoms with Gasteiger partial charge in [0, 0.05) is 4.90 Å². The quantitative estimate of drug-likeness (QED) is 0.712. The minimum Gasteiger partial charge on any atom is -0.388 e. The first-order valence-corrected chi connectivity index (χ1v) is 7.60. The fraction of sp³-hybridized carbons (Fsp3) is 0.600. The van der Waals surface area contributed by atoms with Crippen LogP contribution in [0.15, 0.2) is 29.2 Å². The maximum atomic E-state index is 10.2. The van der Waals surface area contributed by atoms with Crippen LogP contribution >= 0.6 is 11.8 Å². The summed E-state index contributed by atoms with van der Waals surface area (Å²) in [6, 6.07) is 8.34. The van der Waals surface area contributed by atoms with Crippen molar-refractivity contribution in [2.24, 2.45) is 5.92 Å². The Kier molecular flexibility index (Phi) is 6.68. The molecule has 0 aromatic heterocycles. The third-order valence-corrected chi connectivity index (χ3v) is 4.18. The van der Waals surface area contributed by atoms with Gasteiger partial charge in [0.25, 0.3) is 0 Å². The van der Waals surface area contributed by atoms with E-state index in [2.05, 4.69) is 45.0 Å². The van der Waals surface area contributed by atoms with Crippen LogP contribution in [0.3, 0.4) is 0 Å². The van der Waals surface area contributed by atoms with Gasteiger partial charge in [-0.1, -0.05) is 45.7 Å². The van der Waals surface area contributed by atoms with Crippen LogP contribution < -0.4 is 0 Å². The molecule has 1 N–H and O–H groups in total. The number of aliphatic hydroxyl groups is 1. The zero-order chi connectivity index (χ0) is 12.7. The molecule has 0 radical (unpaired) electrons. The van der Waals surface area contributed by atoms with Crippen LogP contribution in [0.5, 0.6) is 0 Å². The van der Waals surface area contributed by atoms with E-state index in [1.165, 1.54) is 4.90 Å². The zero-order valence-corrected chi connectivity index (χ0v) is 12.0. The van der Waals surface area contributed by atoms with Gasteiger partial charge in [-0.25, -0.2) is 0 Å². The second kappa shape index (κ2) is 7.78. The highest BCUT2D eigenvalue weighted by Gasteiger charge is 2.13. The van der Waals surface area contributed by atoms with Gasteiger partial charge in [0.15, 0.2) is 0 Å². The fourth-order valence-electron chi connectivity index (χ4n) is 2.03. The van der Waals surface area contributed by atoms with Crippen molar-refractivity contribution < 1.29 is 5.11 Å². The second-order valence-electron chi connectivity index (χ2n) is 4.44. The molecule has 0 saturated carbocycles. The van der Waals surface area contributed by atoms with E-state index in [0.29, 0.717) is 5.92 Å². The van der Waals surface area contributed by atoms with E-state index < -0.39 is 0 Å². The lowest BCUT2D eigenvalue weighted by Gasteiger charge is -2.17. The minimum absolute atomic E-state index is 0.305. The predicted octanol–water partition coefficient (Wildman–Crippen LogP) is 4.66. The smallest absolute Gasteiger partial charge is 0.0792 e. The van der Waals surface area contributed by atoms with Gasteiger partial charge in [-0.05, 0) is 35.8 Å². The number of rotatable bonds is 7. The Balaban J connectivity index is 2.59. The van der Waals surface area contributed by atoms with Gasteiger partial charge in [-0.3, -0.25) is 0 Å². The van der Waals surface area contributed by atoms with Crippen molar-refractivity contribution in [3.8, 4) is 0 Å². The van der Waals surface area contributed by atoms with E-state index in [4.69, 9.17) is 0 Å². The number of hydrogen-bond donors (Lipinski definition) is 1. The average Bonchev–Trinajstić information content (AvgIpc) is 2.37. The number of thioether (sulfide) groups is 1. The van der Waals surface area contributed by atoms with E-state index in [1.807, 2.05) is 11.8 Å². The van der Waals surface area contributed by atoms with E-state index >= 15 is 0 Å². The summed E-state index contributed by atoms with van der Waals surface area (Å²) in [6.07, 6.45) is 2.88. The molecular formula is C15H24OS. The predicted molar refractivity (Wildman–Crippen MR) is 76.5 cm³/mol. The molecule has 1 unspecified atom stereocenters. The van der Waals surface area contributed by atoms with E-state index in [-0.39, 0.29) is 6.10 Å². The van der Waals surface area contributed by atoms with Gasteiger partial charge in [0.1, 0.15) is 0 Å². The van der Waals surface area contributed by atoms with Gasteiger partial charge in [0.2, 0.25) is 0 Å². The second-order valence-corrected chi connectivity index (χ2v) is 5.77. The molecule has 1 rings (SSSR count). The number of hydrogen-bond acceptors (Lipinski definition) is 2. The van der Waals surface area contributed by atoms with Crippen LogP contribution in [0.2, 0.25) is 0 Å². The fourth-order valence-corrected chi connectivity index (χ4v) is 2.69. The van der Waals surface area contributed by atoms with Crippen molar-refractivity contribution in [1.29, 1.82) is 0 Å². The molecule has 0 aliphatic heterocycles. The normalized spacial score (nSPS) is 13.0. The molecular weight excluding hydrogens is 228 g/mol. The molecule has 0 aliphatic rings. The third kappa shape index (κ3) is 4.72. The molecule has 1 aromatic rings. The molecule has 1 aromatic carbocycles. The Morgan fingerprint density at radius 3 is 2.12 bits per heavy atom. The highest BCUT2D eigenvalue weighted by molar-refractivity contribution is 7.99. The molecule has 17 heavy (non-hydrogen) atoms. The zero-order valence-electron chi connectivity index (χ0n) is 11.1. The highest BCUT2D eigenvalue weighted by Crippen LogP contribution is 2.26. The van der Waals surface area contributed by atoms with Crippen LogP contribution in [-0.4, -0.2) is 10.9 Å². The molecule has 0 bridgehead atoms. The largest absolute Gasteiger partial charge is 0.388 e. The first-order valence-electron chi connectivity index (χ1n) is 6.62. The summed E-state index contributed by atoms with van der Waals surface area (Å²) in [5.41, 5.74) is 1.05. The molecule has 1 nitrogen and oxygen atoms in total. The minimum atomic E-state index is -0.305. The van der Waals surface area contributed by atoms with Crippen molar-refractivity contribution in [3.63, 3.8) is 0 Å². The van der Waals surface area contributed by atoms with Crippen molar-refractivity contribution in [1.82, 2.24) is 0 Å². The molecule has 0 aliphatic carbocycles. The molecule has 0 amide bonds. The van der Waals surface area contributed by atoms with Crippen LogP contribution in [0.25, 0.3) is 0 Å². The lowest BCUT2D eigenvalue weighted by atomic mass is 9.93. The lowest BCUT2D eigenvalue weighted by Crippen LogP contribution is -2.05. The molecule has 0 heterocycles. The van der Waals surface area contributed by atoms with Gasteiger partial charge >= 0.3 is 0 Å². The molecule has 96 valence electrons. The van der Waals surface area contributed by atoms with Crippen molar-refractivity contribution >= 4 is 11.8 Å². The topological polar surface area (TPSA) is 20.2 Å². The van der Waals surface area contributed by atoms with Crippen molar-refractivity contribution in [2.75, 3.05) is 5.75 Å². The number of benzene rings is 1. The third-order valence-electron chi connectivity index (χ3n) is 3.29. The lowest BCUT2D eigenvalue weighted by molar-refractivity contribution is 0.141. The van der Waals surface area contributed by atoms with Crippen LogP contribution in [0.4, 0.5) is 0 Å². The summed E-state index contributed by atoms with van der Waals surface area (Å²) in [7, 11) is 0. The summed E-state index contributed by atoms with van der Waals surface area (Å²) in [5, 5.41) is 10.2. The molecule has 1 atom stereocenters. The highest BCUT2D eigenvalue weighted by atomic mass is 32.2.